The van der Waals surface area contributed by atoms with Crippen molar-refractivity contribution in [2.24, 2.45) is 0 Å². The molecule has 5 rings (SSSR count). The number of amides is 1. The molecule has 0 spiro atoms. The molecular weight excluding hydrogens is 466 g/mol. The molecule has 168 valence electrons. The fourth-order valence-corrected chi connectivity index (χ4v) is 4.28. The standard InChI is InChI=1S/C27H20ClN3O2S/c1-15-9-12-24-23(13-15)29-26(33-24)17-11-10-16(2)22(14-17)30-27(34)31-25(32)20-7-3-6-19-18(20)5-4-8-21(19)28/h3-14H,1-2H3,(H2,30,31,32,34). The molecule has 0 saturated carbocycles. The van der Waals surface area contributed by atoms with Crippen LogP contribution in [-0.4, -0.2) is 16.0 Å². The molecule has 5 nitrogen and oxygen atoms in total. The summed E-state index contributed by atoms with van der Waals surface area (Å²) in [5.74, 6) is 0.208. The van der Waals surface area contributed by atoms with Gasteiger partial charge in [0.15, 0.2) is 10.7 Å². The number of oxazole rings is 1. The second kappa shape index (κ2) is 8.89. The number of hydrogen-bond acceptors (Lipinski definition) is 4. The van der Waals surface area contributed by atoms with E-state index in [4.69, 9.17) is 28.2 Å². The Hall–Kier alpha value is -3.74. The molecule has 0 saturated heterocycles. The lowest BCUT2D eigenvalue weighted by molar-refractivity contribution is 0.0979. The largest absolute Gasteiger partial charge is 0.436 e. The summed E-state index contributed by atoms with van der Waals surface area (Å²) in [6.45, 7) is 3.97. The first-order chi connectivity index (χ1) is 16.4. The van der Waals surface area contributed by atoms with Gasteiger partial charge in [-0.3, -0.25) is 10.1 Å². The third-order valence-electron chi connectivity index (χ3n) is 5.62. The Bertz CT molecular complexity index is 1590. The molecule has 0 fully saturated rings. The summed E-state index contributed by atoms with van der Waals surface area (Å²) in [7, 11) is 0. The third-order valence-corrected chi connectivity index (χ3v) is 6.15. The number of anilines is 1. The van der Waals surface area contributed by atoms with Gasteiger partial charge in [-0.15, -0.1) is 0 Å². The first-order valence-electron chi connectivity index (χ1n) is 10.7. The summed E-state index contributed by atoms with van der Waals surface area (Å²) in [4.78, 5) is 17.6. The highest BCUT2D eigenvalue weighted by Crippen LogP contribution is 2.29. The van der Waals surface area contributed by atoms with Crippen molar-refractivity contribution in [2.75, 3.05) is 5.32 Å². The van der Waals surface area contributed by atoms with Gasteiger partial charge in [-0.25, -0.2) is 4.98 Å². The van der Waals surface area contributed by atoms with Crippen LogP contribution in [0.2, 0.25) is 5.02 Å². The van der Waals surface area contributed by atoms with E-state index in [1.54, 1.807) is 18.2 Å². The van der Waals surface area contributed by atoms with Gasteiger partial charge in [-0.2, -0.15) is 0 Å². The molecule has 1 amide bonds. The minimum absolute atomic E-state index is 0.192. The van der Waals surface area contributed by atoms with Gasteiger partial charge in [0.25, 0.3) is 5.91 Å². The van der Waals surface area contributed by atoms with Crippen LogP contribution in [0.15, 0.2) is 77.2 Å². The van der Waals surface area contributed by atoms with Gasteiger partial charge in [-0.1, -0.05) is 48.0 Å². The van der Waals surface area contributed by atoms with E-state index < -0.39 is 0 Å². The van der Waals surface area contributed by atoms with E-state index in [2.05, 4.69) is 15.6 Å². The Labute approximate surface area is 206 Å². The van der Waals surface area contributed by atoms with Crippen molar-refractivity contribution in [3.05, 3.63) is 94.5 Å². The number of carbonyl (C=O) groups is 1. The molecule has 0 aliphatic carbocycles. The Kier molecular flexibility index (Phi) is 5.77. The van der Waals surface area contributed by atoms with Crippen LogP contribution in [0.25, 0.3) is 33.3 Å². The molecule has 0 unspecified atom stereocenters. The molecule has 0 aliphatic heterocycles. The maximum atomic E-state index is 13.0. The SMILES string of the molecule is Cc1ccc2oc(-c3ccc(C)c(NC(=S)NC(=O)c4cccc5c(Cl)cccc45)c3)nc2c1. The zero-order valence-electron chi connectivity index (χ0n) is 18.5. The van der Waals surface area contributed by atoms with E-state index in [1.165, 1.54) is 0 Å². The number of nitrogens with zero attached hydrogens (tertiary/aromatic N) is 1. The van der Waals surface area contributed by atoms with Crippen LogP contribution in [0.4, 0.5) is 5.69 Å². The predicted octanol–water partition coefficient (Wildman–Crippen LogP) is 7.05. The average molecular weight is 486 g/mol. The van der Waals surface area contributed by atoms with Crippen LogP contribution in [-0.2, 0) is 0 Å². The Morgan fingerprint density at radius 3 is 2.62 bits per heavy atom. The minimum Gasteiger partial charge on any atom is -0.436 e. The molecule has 34 heavy (non-hydrogen) atoms. The average Bonchev–Trinajstić information content (AvgIpc) is 3.23. The molecule has 5 aromatic rings. The zero-order chi connectivity index (χ0) is 23.8. The van der Waals surface area contributed by atoms with Crippen LogP contribution >= 0.6 is 23.8 Å². The monoisotopic (exact) mass is 485 g/mol. The Morgan fingerprint density at radius 2 is 1.76 bits per heavy atom. The van der Waals surface area contributed by atoms with Gasteiger partial charge in [0.05, 0.1) is 0 Å². The molecule has 0 atom stereocenters. The van der Waals surface area contributed by atoms with Crippen molar-refractivity contribution >= 4 is 62.4 Å². The smallest absolute Gasteiger partial charge is 0.258 e. The molecule has 4 aromatic carbocycles. The predicted molar refractivity (Wildman–Crippen MR) is 142 cm³/mol. The Balaban J connectivity index is 1.38. The van der Waals surface area contributed by atoms with Gasteiger partial charge in [0, 0.05) is 27.2 Å². The lowest BCUT2D eigenvalue weighted by Crippen LogP contribution is -2.34. The zero-order valence-corrected chi connectivity index (χ0v) is 20.1. The second-order valence-corrected chi connectivity index (χ2v) is 8.88. The minimum atomic E-state index is -0.312. The molecule has 0 aliphatic rings. The highest BCUT2D eigenvalue weighted by Gasteiger charge is 2.14. The van der Waals surface area contributed by atoms with Crippen LogP contribution in [0.3, 0.4) is 0 Å². The summed E-state index contributed by atoms with van der Waals surface area (Å²) in [5.41, 5.74) is 5.67. The van der Waals surface area contributed by atoms with Gasteiger partial charge in [0.2, 0.25) is 5.89 Å². The molecule has 1 heterocycles. The number of aromatic nitrogens is 1. The quantitative estimate of drug-likeness (QED) is 0.268. The number of aryl methyl sites for hydroxylation is 2. The maximum Gasteiger partial charge on any atom is 0.258 e. The fraction of sp³-hybridized carbons (Fsp3) is 0.0741. The van der Waals surface area contributed by atoms with Gasteiger partial charge < -0.3 is 9.73 Å². The topological polar surface area (TPSA) is 67.2 Å². The van der Waals surface area contributed by atoms with Gasteiger partial charge in [-0.05, 0) is 79.0 Å². The molecule has 0 radical (unpaired) electrons. The van der Waals surface area contributed by atoms with Crippen molar-refractivity contribution in [1.82, 2.24) is 10.3 Å². The number of fused-ring (bicyclic) bond motifs is 2. The highest BCUT2D eigenvalue weighted by atomic mass is 35.5. The number of halogens is 1. The van der Waals surface area contributed by atoms with Crippen molar-refractivity contribution in [1.29, 1.82) is 0 Å². The summed E-state index contributed by atoms with van der Waals surface area (Å²) in [6.07, 6.45) is 0. The first kappa shape index (κ1) is 22.1. The molecule has 0 bridgehead atoms. The van der Waals surface area contributed by atoms with Crippen molar-refractivity contribution in [3.8, 4) is 11.5 Å². The highest BCUT2D eigenvalue weighted by molar-refractivity contribution is 7.80. The van der Waals surface area contributed by atoms with Crippen LogP contribution < -0.4 is 10.6 Å². The summed E-state index contributed by atoms with van der Waals surface area (Å²) in [5, 5.41) is 8.26. The van der Waals surface area contributed by atoms with Crippen molar-refractivity contribution in [3.63, 3.8) is 0 Å². The molecule has 1 aromatic heterocycles. The third kappa shape index (κ3) is 4.25. The van der Waals surface area contributed by atoms with E-state index in [1.807, 2.05) is 68.4 Å². The van der Waals surface area contributed by atoms with E-state index in [-0.39, 0.29) is 11.0 Å². The number of carbonyl (C=O) groups excluding carboxylic acids is 1. The summed E-state index contributed by atoms with van der Waals surface area (Å²) in [6, 6.07) is 22.6. The molecular formula is C27H20ClN3O2S. The normalized spacial score (nSPS) is 11.0. The molecule has 7 heteroatoms. The lowest BCUT2D eigenvalue weighted by Gasteiger charge is -2.13. The first-order valence-corrected chi connectivity index (χ1v) is 11.5. The molecule has 2 N–H and O–H groups in total. The van der Waals surface area contributed by atoms with E-state index >= 15 is 0 Å². The van der Waals surface area contributed by atoms with Crippen LogP contribution in [0, 0.1) is 13.8 Å². The van der Waals surface area contributed by atoms with Gasteiger partial charge in [0.1, 0.15) is 5.52 Å². The van der Waals surface area contributed by atoms with Crippen LogP contribution in [0.5, 0.6) is 0 Å². The van der Waals surface area contributed by atoms with E-state index in [0.717, 1.165) is 44.2 Å². The van der Waals surface area contributed by atoms with E-state index in [0.29, 0.717) is 16.5 Å². The number of nitrogens with one attached hydrogen (secondary N) is 2. The number of hydrogen-bond donors (Lipinski definition) is 2. The number of thiocarbonyl (C=S) groups is 1. The van der Waals surface area contributed by atoms with Crippen molar-refractivity contribution in [2.45, 2.75) is 13.8 Å². The van der Waals surface area contributed by atoms with Gasteiger partial charge >= 0.3 is 0 Å². The number of rotatable bonds is 3. The summed E-state index contributed by atoms with van der Waals surface area (Å²) < 4.78 is 5.93. The Morgan fingerprint density at radius 1 is 0.971 bits per heavy atom. The maximum absolute atomic E-state index is 13.0. The van der Waals surface area contributed by atoms with E-state index in [9.17, 15) is 4.79 Å². The van der Waals surface area contributed by atoms with Crippen molar-refractivity contribution < 1.29 is 9.21 Å². The fourth-order valence-electron chi connectivity index (χ4n) is 3.84. The lowest BCUT2D eigenvalue weighted by atomic mass is 10.0. The second-order valence-electron chi connectivity index (χ2n) is 8.07. The van der Waals surface area contributed by atoms with Crippen LogP contribution in [0.1, 0.15) is 21.5 Å². The number of benzene rings is 4. The summed E-state index contributed by atoms with van der Waals surface area (Å²) >= 11 is 11.7.